The van der Waals surface area contributed by atoms with Gasteiger partial charge in [0, 0.05) is 12.2 Å². The van der Waals surface area contributed by atoms with E-state index in [-0.39, 0.29) is 0 Å². The lowest BCUT2D eigenvalue weighted by atomic mass is 10.00. The molecule has 0 amide bonds. The van der Waals surface area contributed by atoms with Gasteiger partial charge in [0.2, 0.25) is 0 Å². The number of dihydropyridines is 1. The first-order chi connectivity index (χ1) is 9.24. The number of allylic oxidation sites excluding steroid dienone is 6. The van der Waals surface area contributed by atoms with Crippen LogP contribution in [0.4, 0.5) is 0 Å². The average molecular weight is 249 g/mol. The van der Waals surface area contributed by atoms with Crippen LogP contribution >= 0.6 is 0 Å². The third-order valence-electron chi connectivity index (χ3n) is 3.12. The standard InChI is InChI=1S/C18H19N/c1-4-7-15(5-2)16-8-6-9-17(12-16)18-11-10-14(3)13-19-18/h4-12,19H,1-2,13H2,3H3/b15-7+. The van der Waals surface area contributed by atoms with E-state index in [1.165, 1.54) is 11.1 Å². The van der Waals surface area contributed by atoms with E-state index in [4.69, 9.17) is 0 Å². The van der Waals surface area contributed by atoms with Crippen LogP contribution in [0, 0.1) is 0 Å². The quantitative estimate of drug-likeness (QED) is 0.783. The molecular formula is C18H19N. The average Bonchev–Trinajstić information content (AvgIpc) is 2.45. The summed E-state index contributed by atoms with van der Waals surface area (Å²) in [4.78, 5) is 0. The molecule has 0 bridgehead atoms. The Kier molecular flexibility index (Phi) is 4.19. The Bertz CT molecular complexity index is 585. The van der Waals surface area contributed by atoms with Gasteiger partial charge in [-0.15, -0.1) is 0 Å². The second-order valence-electron chi connectivity index (χ2n) is 4.59. The summed E-state index contributed by atoms with van der Waals surface area (Å²) in [5.74, 6) is 0. The highest BCUT2D eigenvalue weighted by Gasteiger charge is 2.06. The van der Waals surface area contributed by atoms with Crippen molar-refractivity contribution in [2.24, 2.45) is 0 Å². The van der Waals surface area contributed by atoms with Gasteiger partial charge < -0.3 is 5.32 Å². The maximum atomic E-state index is 3.85. The number of hydrogen-bond acceptors (Lipinski definition) is 1. The van der Waals surface area contributed by atoms with Crippen LogP contribution in [0.5, 0.6) is 0 Å². The summed E-state index contributed by atoms with van der Waals surface area (Å²) in [6.07, 6.45) is 9.90. The molecule has 1 aromatic rings. The first-order valence-electron chi connectivity index (χ1n) is 6.42. The molecule has 1 N–H and O–H groups in total. The van der Waals surface area contributed by atoms with E-state index >= 15 is 0 Å². The van der Waals surface area contributed by atoms with E-state index < -0.39 is 0 Å². The molecule has 0 saturated carbocycles. The number of benzene rings is 1. The van der Waals surface area contributed by atoms with Crippen molar-refractivity contribution < 1.29 is 0 Å². The van der Waals surface area contributed by atoms with E-state index in [0.717, 1.165) is 23.4 Å². The van der Waals surface area contributed by atoms with Gasteiger partial charge in [0.1, 0.15) is 0 Å². The molecule has 1 heterocycles. The van der Waals surface area contributed by atoms with Gasteiger partial charge in [-0.1, -0.05) is 61.2 Å². The monoisotopic (exact) mass is 249 g/mol. The Hall–Kier alpha value is -2.28. The summed E-state index contributed by atoms with van der Waals surface area (Å²) in [5, 5.41) is 3.43. The molecule has 0 aromatic heterocycles. The van der Waals surface area contributed by atoms with Crippen molar-refractivity contribution in [2.45, 2.75) is 6.92 Å². The number of rotatable bonds is 4. The third kappa shape index (κ3) is 3.14. The maximum absolute atomic E-state index is 3.85. The van der Waals surface area contributed by atoms with Crippen molar-refractivity contribution >= 4 is 11.3 Å². The van der Waals surface area contributed by atoms with Gasteiger partial charge in [-0.25, -0.2) is 0 Å². The van der Waals surface area contributed by atoms with E-state index in [1.54, 1.807) is 6.08 Å². The topological polar surface area (TPSA) is 12.0 Å². The second-order valence-corrected chi connectivity index (χ2v) is 4.59. The van der Waals surface area contributed by atoms with Crippen LogP contribution in [0.3, 0.4) is 0 Å². The van der Waals surface area contributed by atoms with Crippen LogP contribution in [0.15, 0.2) is 73.4 Å². The first-order valence-corrected chi connectivity index (χ1v) is 6.42. The molecule has 1 heteroatoms. The molecule has 0 spiro atoms. The van der Waals surface area contributed by atoms with Gasteiger partial charge in [0.25, 0.3) is 0 Å². The van der Waals surface area contributed by atoms with E-state index in [9.17, 15) is 0 Å². The first kappa shape index (κ1) is 13.2. The van der Waals surface area contributed by atoms with Crippen LogP contribution in [0.25, 0.3) is 11.3 Å². The highest BCUT2D eigenvalue weighted by Crippen LogP contribution is 2.22. The van der Waals surface area contributed by atoms with Gasteiger partial charge in [-0.05, 0) is 35.8 Å². The molecule has 1 aliphatic rings. The van der Waals surface area contributed by atoms with Gasteiger partial charge in [-0.2, -0.15) is 0 Å². The SMILES string of the molecule is C=C/C=C(\C=C)c1cccc(C2=CC=C(C)CN2)c1. The highest BCUT2D eigenvalue weighted by atomic mass is 14.9. The molecule has 0 unspecified atom stereocenters. The van der Waals surface area contributed by atoms with Crippen molar-refractivity contribution in [3.05, 3.63) is 84.5 Å². The van der Waals surface area contributed by atoms with Crippen molar-refractivity contribution in [3.8, 4) is 0 Å². The van der Waals surface area contributed by atoms with Crippen molar-refractivity contribution in [2.75, 3.05) is 6.54 Å². The third-order valence-corrected chi connectivity index (χ3v) is 3.12. The van der Waals surface area contributed by atoms with E-state index in [0.29, 0.717) is 0 Å². The zero-order valence-corrected chi connectivity index (χ0v) is 11.3. The molecule has 0 radical (unpaired) electrons. The van der Waals surface area contributed by atoms with Crippen LogP contribution in [0.1, 0.15) is 18.1 Å². The summed E-state index contributed by atoms with van der Waals surface area (Å²) >= 11 is 0. The molecule has 0 atom stereocenters. The Morgan fingerprint density at radius 3 is 2.74 bits per heavy atom. The molecule has 19 heavy (non-hydrogen) atoms. The lowest BCUT2D eigenvalue weighted by molar-refractivity contribution is 0.941. The molecule has 0 saturated heterocycles. The molecule has 96 valence electrons. The maximum Gasteiger partial charge on any atom is 0.0416 e. The molecule has 0 aliphatic carbocycles. The summed E-state index contributed by atoms with van der Waals surface area (Å²) in [6, 6.07) is 8.44. The Labute approximate surface area is 115 Å². The minimum absolute atomic E-state index is 0.910. The summed E-state index contributed by atoms with van der Waals surface area (Å²) in [5.41, 5.74) is 5.94. The van der Waals surface area contributed by atoms with Gasteiger partial charge in [-0.3, -0.25) is 0 Å². The van der Waals surface area contributed by atoms with Crippen molar-refractivity contribution in [3.63, 3.8) is 0 Å². The Morgan fingerprint density at radius 2 is 2.11 bits per heavy atom. The predicted molar refractivity (Wildman–Crippen MR) is 84.5 cm³/mol. The van der Waals surface area contributed by atoms with Crippen molar-refractivity contribution in [1.29, 1.82) is 0 Å². The van der Waals surface area contributed by atoms with Crippen LogP contribution in [0.2, 0.25) is 0 Å². The predicted octanol–water partition coefficient (Wildman–Crippen LogP) is 4.33. The van der Waals surface area contributed by atoms with Crippen LogP contribution < -0.4 is 5.32 Å². The largest absolute Gasteiger partial charge is 0.381 e. The number of nitrogens with one attached hydrogen (secondary N) is 1. The van der Waals surface area contributed by atoms with E-state index in [2.05, 4.69) is 61.8 Å². The molecule has 1 aromatic carbocycles. The second kappa shape index (κ2) is 6.05. The Balaban J connectivity index is 2.37. The fourth-order valence-corrected chi connectivity index (χ4v) is 2.05. The smallest absolute Gasteiger partial charge is 0.0416 e. The minimum atomic E-state index is 0.910. The summed E-state index contributed by atoms with van der Waals surface area (Å²) in [6.45, 7) is 10.6. The minimum Gasteiger partial charge on any atom is -0.381 e. The summed E-state index contributed by atoms with van der Waals surface area (Å²) in [7, 11) is 0. The molecular weight excluding hydrogens is 230 g/mol. The van der Waals surface area contributed by atoms with Gasteiger partial charge in [0.05, 0.1) is 0 Å². The van der Waals surface area contributed by atoms with Crippen molar-refractivity contribution in [1.82, 2.24) is 5.32 Å². The molecule has 1 nitrogen and oxygen atoms in total. The molecule has 0 fully saturated rings. The lowest BCUT2D eigenvalue weighted by Gasteiger charge is -2.16. The van der Waals surface area contributed by atoms with Gasteiger partial charge >= 0.3 is 0 Å². The Morgan fingerprint density at radius 1 is 1.26 bits per heavy atom. The number of hydrogen-bond donors (Lipinski definition) is 1. The van der Waals surface area contributed by atoms with Crippen LogP contribution in [-0.4, -0.2) is 6.54 Å². The van der Waals surface area contributed by atoms with Gasteiger partial charge in [0.15, 0.2) is 0 Å². The van der Waals surface area contributed by atoms with Crippen LogP contribution in [-0.2, 0) is 0 Å². The fourth-order valence-electron chi connectivity index (χ4n) is 2.05. The normalized spacial score (nSPS) is 15.1. The molecule has 1 aliphatic heterocycles. The highest BCUT2D eigenvalue weighted by molar-refractivity contribution is 5.78. The zero-order valence-electron chi connectivity index (χ0n) is 11.3. The van der Waals surface area contributed by atoms with E-state index in [1.807, 2.05) is 12.2 Å². The summed E-state index contributed by atoms with van der Waals surface area (Å²) < 4.78 is 0. The zero-order chi connectivity index (χ0) is 13.7. The fraction of sp³-hybridized carbons (Fsp3) is 0.111. The molecule has 2 rings (SSSR count). The lowest BCUT2D eigenvalue weighted by Crippen LogP contribution is -2.17.